The van der Waals surface area contributed by atoms with Gasteiger partial charge in [0.25, 0.3) is 0 Å². The van der Waals surface area contributed by atoms with Crippen LogP contribution in [0.4, 0.5) is 10.1 Å². The summed E-state index contributed by atoms with van der Waals surface area (Å²) in [6.07, 6.45) is 3.86. The number of amides is 1. The van der Waals surface area contributed by atoms with Crippen molar-refractivity contribution in [3.63, 3.8) is 0 Å². The number of carbonyl (C=O) groups is 1. The van der Waals surface area contributed by atoms with Crippen LogP contribution >= 0.6 is 0 Å². The smallest absolute Gasteiger partial charge is 0.227 e. The molecular formula is C22H22FN5O. The Balaban J connectivity index is 1.60. The summed E-state index contributed by atoms with van der Waals surface area (Å²) in [5.41, 5.74) is 5.73. The van der Waals surface area contributed by atoms with Crippen LogP contribution < -0.4 is 4.90 Å². The van der Waals surface area contributed by atoms with Crippen LogP contribution in [0.15, 0.2) is 18.3 Å². The first-order chi connectivity index (χ1) is 13.9. The molecule has 6 nitrogen and oxygen atoms in total. The van der Waals surface area contributed by atoms with Gasteiger partial charge in [0.05, 0.1) is 11.9 Å². The molecule has 0 unspecified atom stereocenters. The van der Waals surface area contributed by atoms with Crippen molar-refractivity contribution in [3.8, 4) is 6.07 Å². The topological polar surface area (TPSA) is 74.3 Å². The van der Waals surface area contributed by atoms with Crippen LogP contribution in [0.25, 0.3) is 5.65 Å². The van der Waals surface area contributed by atoms with Crippen LogP contribution in [0, 0.1) is 37.9 Å². The number of carbonyl (C=O) groups excluding carboxylic acids is 1. The third-order valence-corrected chi connectivity index (χ3v) is 5.60. The second kappa shape index (κ2) is 7.28. The number of benzene rings is 1. The minimum absolute atomic E-state index is 0.0919. The molecule has 4 rings (SSSR count). The van der Waals surface area contributed by atoms with E-state index in [0.29, 0.717) is 29.9 Å². The summed E-state index contributed by atoms with van der Waals surface area (Å²) in [6, 6.07) is 5.55. The Kier molecular flexibility index (Phi) is 4.79. The lowest BCUT2D eigenvalue weighted by Crippen LogP contribution is -2.36. The molecule has 2 aromatic heterocycles. The van der Waals surface area contributed by atoms with E-state index < -0.39 is 0 Å². The van der Waals surface area contributed by atoms with Crippen LogP contribution in [0.2, 0.25) is 0 Å². The third-order valence-electron chi connectivity index (χ3n) is 5.60. The second-order valence-corrected chi connectivity index (χ2v) is 7.57. The number of anilines is 1. The van der Waals surface area contributed by atoms with Gasteiger partial charge in [-0.05, 0) is 62.8 Å². The molecule has 3 heterocycles. The molecule has 0 bridgehead atoms. The van der Waals surface area contributed by atoms with Crippen LogP contribution in [0.1, 0.15) is 46.5 Å². The average molecular weight is 391 g/mol. The van der Waals surface area contributed by atoms with Gasteiger partial charge in [-0.25, -0.2) is 13.9 Å². The Morgan fingerprint density at radius 2 is 2.10 bits per heavy atom. The number of hydrogen-bond donors (Lipinski definition) is 0. The van der Waals surface area contributed by atoms with Crippen LogP contribution in [0.3, 0.4) is 0 Å². The number of aryl methyl sites for hydroxylation is 4. The van der Waals surface area contributed by atoms with E-state index >= 15 is 0 Å². The fourth-order valence-electron chi connectivity index (χ4n) is 4.21. The van der Waals surface area contributed by atoms with Crippen LogP contribution in [-0.2, 0) is 17.6 Å². The molecule has 29 heavy (non-hydrogen) atoms. The van der Waals surface area contributed by atoms with Gasteiger partial charge in [0.2, 0.25) is 5.91 Å². The van der Waals surface area contributed by atoms with Gasteiger partial charge in [0.1, 0.15) is 17.4 Å². The molecule has 0 N–H and O–H groups in total. The van der Waals surface area contributed by atoms with Crippen LogP contribution in [0.5, 0.6) is 0 Å². The maximum absolute atomic E-state index is 14.6. The summed E-state index contributed by atoms with van der Waals surface area (Å²) in [5, 5.41) is 13.4. The third kappa shape index (κ3) is 3.25. The van der Waals surface area contributed by atoms with E-state index in [1.807, 2.05) is 26.8 Å². The highest BCUT2D eigenvalue weighted by atomic mass is 19.1. The SMILES string of the molecule is Cc1cc(F)c2c(c1)CCCN2C(=O)CCc1c(C)nc2c(C#N)cnn2c1C. The van der Waals surface area contributed by atoms with Crippen molar-refractivity contribution >= 4 is 17.2 Å². The highest BCUT2D eigenvalue weighted by molar-refractivity contribution is 5.95. The van der Waals surface area contributed by atoms with E-state index in [4.69, 9.17) is 0 Å². The van der Waals surface area contributed by atoms with Crippen LogP contribution in [-0.4, -0.2) is 27.0 Å². The largest absolute Gasteiger partial charge is 0.309 e. The summed E-state index contributed by atoms with van der Waals surface area (Å²) < 4.78 is 16.2. The minimum atomic E-state index is -0.330. The van der Waals surface area contributed by atoms with Crippen molar-refractivity contribution in [1.29, 1.82) is 5.26 Å². The molecule has 1 aliphatic rings. The van der Waals surface area contributed by atoms with E-state index in [1.165, 1.54) is 12.3 Å². The summed E-state index contributed by atoms with van der Waals surface area (Å²) in [4.78, 5) is 19.1. The van der Waals surface area contributed by atoms with E-state index in [9.17, 15) is 14.4 Å². The summed E-state index contributed by atoms with van der Waals surface area (Å²) in [6.45, 7) is 6.19. The molecule has 1 aliphatic heterocycles. The highest BCUT2D eigenvalue weighted by Gasteiger charge is 2.26. The van der Waals surface area contributed by atoms with Crippen molar-refractivity contribution < 1.29 is 9.18 Å². The molecule has 0 saturated carbocycles. The van der Waals surface area contributed by atoms with Gasteiger partial charge >= 0.3 is 0 Å². The average Bonchev–Trinajstić information content (AvgIpc) is 3.09. The van der Waals surface area contributed by atoms with Gasteiger partial charge in [0, 0.05) is 24.4 Å². The second-order valence-electron chi connectivity index (χ2n) is 7.57. The van der Waals surface area contributed by atoms with Gasteiger partial charge in [-0.2, -0.15) is 10.4 Å². The van der Waals surface area contributed by atoms with Gasteiger partial charge in [-0.3, -0.25) is 4.79 Å². The fourth-order valence-corrected chi connectivity index (χ4v) is 4.21. The number of fused-ring (bicyclic) bond motifs is 2. The predicted octanol–water partition coefficient (Wildman–Crippen LogP) is 3.58. The monoisotopic (exact) mass is 391 g/mol. The lowest BCUT2D eigenvalue weighted by molar-refractivity contribution is -0.118. The van der Waals surface area contributed by atoms with Gasteiger partial charge in [0.15, 0.2) is 5.65 Å². The Bertz CT molecular complexity index is 1170. The standard InChI is InChI=1S/C22H22FN5O/c1-13-9-16-5-4-8-27(21(16)19(23)10-13)20(29)7-6-18-14(2)26-22-17(11-24)12-25-28(22)15(18)3/h9-10,12H,4-8H2,1-3H3. The lowest BCUT2D eigenvalue weighted by atomic mass is 9.98. The number of halogens is 1. The molecule has 0 atom stereocenters. The first-order valence-electron chi connectivity index (χ1n) is 9.74. The number of aromatic nitrogens is 3. The summed E-state index contributed by atoms with van der Waals surface area (Å²) >= 11 is 0. The maximum atomic E-state index is 14.6. The summed E-state index contributed by atoms with van der Waals surface area (Å²) in [7, 11) is 0. The van der Waals surface area contributed by atoms with E-state index in [-0.39, 0.29) is 18.1 Å². The molecule has 0 aliphatic carbocycles. The first-order valence-corrected chi connectivity index (χ1v) is 9.74. The quantitative estimate of drug-likeness (QED) is 0.684. The number of rotatable bonds is 3. The molecule has 148 valence electrons. The molecule has 0 saturated heterocycles. The molecule has 1 amide bonds. The zero-order chi connectivity index (χ0) is 20.7. The summed E-state index contributed by atoms with van der Waals surface area (Å²) in [5.74, 6) is -0.421. The molecule has 0 radical (unpaired) electrons. The van der Waals surface area contributed by atoms with Gasteiger partial charge in [-0.1, -0.05) is 6.07 Å². The fraction of sp³-hybridized carbons (Fsp3) is 0.364. The normalized spacial score (nSPS) is 13.4. The predicted molar refractivity (Wildman–Crippen MR) is 107 cm³/mol. The Morgan fingerprint density at radius 3 is 2.86 bits per heavy atom. The van der Waals surface area contributed by atoms with E-state index in [1.54, 1.807) is 9.42 Å². The Labute approximate surface area is 168 Å². The zero-order valence-corrected chi connectivity index (χ0v) is 16.8. The zero-order valence-electron chi connectivity index (χ0n) is 16.8. The number of nitrogens with zero attached hydrogens (tertiary/aromatic N) is 5. The van der Waals surface area contributed by atoms with Crippen molar-refractivity contribution in [2.24, 2.45) is 0 Å². The molecule has 3 aromatic rings. The van der Waals surface area contributed by atoms with Gasteiger partial charge in [-0.15, -0.1) is 0 Å². The number of nitriles is 1. The van der Waals surface area contributed by atoms with Crippen molar-refractivity contribution in [2.45, 2.75) is 46.5 Å². The van der Waals surface area contributed by atoms with Crippen molar-refractivity contribution in [3.05, 3.63) is 57.8 Å². The Morgan fingerprint density at radius 1 is 1.31 bits per heavy atom. The molecule has 0 fully saturated rings. The molecule has 0 spiro atoms. The molecular weight excluding hydrogens is 369 g/mol. The maximum Gasteiger partial charge on any atom is 0.227 e. The molecule has 1 aromatic carbocycles. The van der Waals surface area contributed by atoms with E-state index in [2.05, 4.69) is 16.2 Å². The Hall–Kier alpha value is -3.27. The highest BCUT2D eigenvalue weighted by Crippen LogP contribution is 2.32. The van der Waals surface area contributed by atoms with Crippen molar-refractivity contribution in [2.75, 3.05) is 11.4 Å². The van der Waals surface area contributed by atoms with Gasteiger partial charge < -0.3 is 4.90 Å². The lowest BCUT2D eigenvalue weighted by Gasteiger charge is -2.30. The van der Waals surface area contributed by atoms with E-state index in [0.717, 1.165) is 40.9 Å². The first kappa shape index (κ1) is 19.1. The minimum Gasteiger partial charge on any atom is -0.309 e. The molecule has 7 heteroatoms. The van der Waals surface area contributed by atoms with Crippen molar-refractivity contribution in [1.82, 2.24) is 14.6 Å². The number of hydrogen-bond acceptors (Lipinski definition) is 4.